The molecule has 1 fully saturated rings. The van der Waals surface area contributed by atoms with Crippen LogP contribution in [0, 0.1) is 0 Å². The molecule has 0 radical (unpaired) electrons. The summed E-state index contributed by atoms with van der Waals surface area (Å²) >= 11 is 0. The van der Waals surface area contributed by atoms with Gasteiger partial charge in [0.2, 0.25) is 0 Å². The van der Waals surface area contributed by atoms with E-state index in [2.05, 4.69) is 13.0 Å². The minimum Gasteiger partial charge on any atom is -0.295 e. The molecule has 1 heteroatoms. The van der Waals surface area contributed by atoms with Crippen molar-refractivity contribution in [2.75, 3.05) is 0 Å². The van der Waals surface area contributed by atoms with E-state index in [9.17, 15) is 4.79 Å². The lowest BCUT2D eigenvalue weighted by atomic mass is 10.1. The number of carbonyl (C=O) groups is 1. The quantitative estimate of drug-likeness (QED) is 0.449. The van der Waals surface area contributed by atoms with Gasteiger partial charge in [0.05, 0.1) is 0 Å². The summed E-state index contributed by atoms with van der Waals surface area (Å²) in [5.74, 6) is 0.390. The minimum atomic E-state index is 0.390. The SMILES string of the molecule is CCCC/C=C1\CCCC1=O. The van der Waals surface area contributed by atoms with Crippen LogP contribution < -0.4 is 0 Å². The van der Waals surface area contributed by atoms with E-state index in [0.717, 1.165) is 31.3 Å². The lowest BCUT2D eigenvalue weighted by Crippen LogP contribution is -1.90. The monoisotopic (exact) mass is 152 g/mol. The van der Waals surface area contributed by atoms with Gasteiger partial charge in [0.1, 0.15) is 0 Å². The van der Waals surface area contributed by atoms with E-state index in [1.807, 2.05) is 0 Å². The summed E-state index contributed by atoms with van der Waals surface area (Å²) in [7, 11) is 0. The van der Waals surface area contributed by atoms with Crippen molar-refractivity contribution in [1.82, 2.24) is 0 Å². The molecule has 0 atom stereocenters. The van der Waals surface area contributed by atoms with Gasteiger partial charge in [-0.3, -0.25) is 4.79 Å². The third-order valence-electron chi connectivity index (χ3n) is 2.16. The zero-order chi connectivity index (χ0) is 8.10. The van der Waals surface area contributed by atoms with Gasteiger partial charge in [-0.2, -0.15) is 0 Å². The van der Waals surface area contributed by atoms with Crippen molar-refractivity contribution in [3.05, 3.63) is 11.6 Å². The number of Topliss-reactive ketones (excluding diaryl/α,β-unsaturated/α-hetero) is 1. The van der Waals surface area contributed by atoms with Crippen LogP contribution in [0.3, 0.4) is 0 Å². The number of ketones is 1. The summed E-state index contributed by atoms with van der Waals surface area (Å²) in [4.78, 5) is 11.1. The van der Waals surface area contributed by atoms with Crippen molar-refractivity contribution in [3.8, 4) is 0 Å². The fourth-order valence-corrected chi connectivity index (χ4v) is 1.44. The van der Waals surface area contributed by atoms with Gasteiger partial charge >= 0.3 is 0 Å². The maximum atomic E-state index is 11.1. The molecule has 0 spiro atoms. The molecule has 0 aromatic rings. The Morgan fingerprint density at radius 2 is 2.27 bits per heavy atom. The summed E-state index contributed by atoms with van der Waals surface area (Å²) in [6.45, 7) is 2.18. The van der Waals surface area contributed by atoms with Gasteiger partial charge in [-0.25, -0.2) is 0 Å². The second kappa shape index (κ2) is 4.32. The van der Waals surface area contributed by atoms with E-state index < -0.39 is 0 Å². The van der Waals surface area contributed by atoms with Crippen LogP contribution >= 0.6 is 0 Å². The van der Waals surface area contributed by atoms with Crippen LogP contribution in [0.15, 0.2) is 11.6 Å². The first-order chi connectivity index (χ1) is 5.34. The Hall–Kier alpha value is -0.590. The smallest absolute Gasteiger partial charge is 0.158 e. The lowest BCUT2D eigenvalue weighted by Gasteiger charge is -1.93. The average Bonchev–Trinajstić information content (AvgIpc) is 2.37. The normalized spacial score (nSPS) is 21.5. The van der Waals surface area contributed by atoms with Crippen molar-refractivity contribution in [1.29, 1.82) is 0 Å². The molecule has 0 aromatic carbocycles. The van der Waals surface area contributed by atoms with Crippen molar-refractivity contribution in [2.45, 2.75) is 45.4 Å². The molecule has 0 unspecified atom stereocenters. The van der Waals surface area contributed by atoms with Crippen molar-refractivity contribution in [2.24, 2.45) is 0 Å². The van der Waals surface area contributed by atoms with Gasteiger partial charge in [-0.15, -0.1) is 0 Å². The first kappa shape index (κ1) is 8.51. The van der Waals surface area contributed by atoms with Crippen LogP contribution in [0.5, 0.6) is 0 Å². The third-order valence-corrected chi connectivity index (χ3v) is 2.16. The maximum absolute atomic E-state index is 11.1. The van der Waals surface area contributed by atoms with Gasteiger partial charge in [0.15, 0.2) is 5.78 Å². The molecule has 0 saturated heterocycles. The summed E-state index contributed by atoms with van der Waals surface area (Å²) in [6.07, 6.45) is 8.57. The molecule has 1 aliphatic rings. The third kappa shape index (κ3) is 2.49. The van der Waals surface area contributed by atoms with Gasteiger partial charge in [0.25, 0.3) is 0 Å². The molecule has 0 aliphatic heterocycles. The largest absolute Gasteiger partial charge is 0.295 e. The molecule has 0 heterocycles. The highest BCUT2D eigenvalue weighted by atomic mass is 16.1. The van der Waals surface area contributed by atoms with Crippen molar-refractivity contribution >= 4 is 5.78 Å². The molecule has 1 saturated carbocycles. The Labute approximate surface area is 68.5 Å². The van der Waals surface area contributed by atoms with E-state index in [-0.39, 0.29) is 0 Å². The Morgan fingerprint density at radius 3 is 2.82 bits per heavy atom. The number of rotatable bonds is 3. The zero-order valence-electron chi connectivity index (χ0n) is 7.23. The van der Waals surface area contributed by atoms with Crippen LogP contribution in [0.25, 0.3) is 0 Å². The van der Waals surface area contributed by atoms with E-state index in [0.29, 0.717) is 5.78 Å². The molecule has 1 aliphatic carbocycles. The van der Waals surface area contributed by atoms with Crippen LogP contribution in [0.4, 0.5) is 0 Å². The van der Waals surface area contributed by atoms with Gasteiger partial charge in [0, 0.05) is 6.42 Å². The Bertz CT molecular complexity index is 168. The molecule has 11 heavy (non-hydrogen) atoms. The highest BCUT2D eigenvalue weighted by molar-refractivity contribution is 5.97. The standard InChI is InChI=1S/C10H16O/c1-2-3-4-6-9-7-5-8-10(9)11/h6H,2-5,7-8H2,1H3/b9-6+. The Balaban J connectivity index is 2.33. The maximum Gasteiger partial charge on any atom is 0.158 e. The van der Waals surface area contributed by atoms with Crippen LogP contribution in [-0.2, 0) is 4.79 Å². The van der Waals surface area contributed by atoms with E-state index in [1.165, 1.54) is 12.8 Å². The predicted octanol–water partition coefficient (Wildman–Crippen LogP) is 2.86. The second-order valence-corrected chi connectivity index (χ2v) is 3.15. The van der Waals surface area contributed by atoms with E-state index in [1.54, 1.807) is 0 Å². The van der Waals surface area contributed by atoms with Crippen molar-refractivity contribution in [3.63, 3.8) is 0 Å². The summed E-state index contributed by atoms with van der Waals surface area (Å²) in [5, 5.41) is 0. The highest BCUT2D eigenvalue weighted by Gasteiger charge is 2.15. The van der Waals surface area contributed by atoms with E-state index in [4.69, 9.17) is 0 Å². The number of hydrogen-bond acceptors (Lipinski definition) is 1. The van der Waals surface area contributed by atoms with Crippen LogP contribution in [0.2, 0.25) is 0 Å². The fraction of sp³-hybridized carbons (Fsp3) is 0.700. The predicted molar refractivity (Wildman–Crippen MR) is 46.5 cm³/mol. The molecule has 0 N–H and O–H groups in total. The summed E-state index contributed by atoms with van der Waals surface area (Å²) in [6, 6.07) is 0. The highest BCUT2D eigenvalue weighted by Crippen LogP contribution is 2.20. The lowest BCUT2D eigenvalue weighted by molar-refractivity contribution is -0.114. The minimum absolute atomic E-state index is 0.390. The molecular weight excluding hydrogens is 136 g/mol. The van der Waals surface area contributed by atoms with Crippen LogP contribution in [-0.4, -0.2) is 5.78 Å². The van der Waals surface area contributed by atoms with Gasteiger partial charge in [-0.1, -0.05) is 25.8 Å². The van der Waals surface area contributed by atoms with Crippen LogP contribution in [0.1, 0.15) is 45.4 Å². The Morgan fingerprint density at radius 1 is 1.45 bits per heavy atom. The number of carbonyl (C=O) groups excluding carboxylic acids is 1. The molecule has 62 valence electrons. The Kier molecular flexibility index (Phi) is 3.34. The first-order valence-electron chi connectivity index (χ1n) is 4.57. The van der Waals surface area contributed by atoms with Crippen molar-refractivity contribution < 1.29 is 4.79 Å². The van der Waals surface area contributed by atoms with E-state index >= 15 is 0 Å². The molecule has 0 amide bonds. The molecule has 0 bridgehead atoms. The molecule has 1 rings (SSSR count). The zero-order valence-corrected chi connectivity index (χ0v) is 7.23. The topological polar surface area (TPSA) is 17.1 Å². The molecule has 0 aromatic heterocycles. The number of allylic oxidation sites excluding steroid dienone is 2. The summed E-state index contributed by atoms with van der Waals surface area (Å²) < 4.78 is 0. The molecule has 1 nitrogen and oxygen atoms in total. The summed E-state index contributed by atoms with van der Waals surface area (Å²) in [5.41, 5.74) is 1.10. The first-order valence-corrected chi connectivity index (χ1v) is 4.57. The average molecular weight is 152 g/mol. The van der Waals surface area contributed by atoms with Gasteiger partial charge in [-0.05, 0) is 24.8 Å². The molecular formula is C10H16O. The van der Waals surface area contributed by atoms with Gasteiger partial charge < -0.3 is 0 Å². The number of unbranched alkanes of at least 4 members (excludes halogenated alkanes) is 2. The fourth-order valence-electron chi connectivity index (χ4n) is 1.44. The number of hydrogen-bond donors (Lipinski definition) is 0. The second-order valence-electron chi connectivity index (χ2n) is 3.15.